The Morgan fingerprint density at radius 3 is 1.72 bits per heavy atom. The number of anilines is 1. The molecule has 3 aromatic carbocycles. The van der Waals surface area contributed by atoms with E-state index < -0.39 is 6.34 Å². The Morgan fingerprint density at radius 2 is 1.28 bits per heavy atom. The van der Waals surface area contributed by atoms with Gasteiger partial charge in [0.1, 0.15) is 0 Å². The molecule has 3 aromatic rings. The molecule has 0 spiro atoms. The molecule has 0 radical (unpaired) electrons. The van der Waals surface area contributed by atoms with Gasteiger partial charge in [-0.3, -0.25) is 4.79 Å². The molecule has 0 unspecified atom stereocenters. The number of rotatable bonds is 5. The summed E-state index contributed by atoms with van der Waals surface area (Å²) in [6.07, 6.45) is -2.86. The van der Waals surface area contributed by atoms with Gasteiger partial charge in [0.05, 0.1) is 0 Å². The lowest BCUT2D eigenvalue weighted by Crippen LogP contribution is -2.13. The molecule has 0 fully saturated rings. The van der Waals surface area contributed by atoms with Gasteiger partial charge in [0.15, 0.2) is 6.34 Å². The molecule has 0 aliphatic rings. The summed E-state index contributed by atoms with van der Waals surface area (Å²) in [5, 5.41) is 4.37. The van der Waals surface area contributed by atoms with Crippen LogP contribution in [0.3, 0.4) is 0 Å². The zero-order chi connectivity index (χ0) is 17.7. The van der Waals surface area contributed by atoms with E-state index in [0.717, 1.165) is 21.2 Å². The predicted octanol–water partition coefficient (Wildman–Crippen LogP) is 4.67. The van der Waals surface area contributed by atoms with Gasteiger partial charge < -0.3 is 9.88 Å². The maximum atomic E-state index is 13.9. The number of hydrogen-bond donors (Lipinski definition) is 1. The maximum Gasteiger partial charge on any atom is 0.221 e. The summed E-state index contributed by atoms with van der Waals surface area (Å²) in [7, 11) is 0. The van der Waals surface area contributed by atoms with Crippen molar-refractivity contribution >= 4 is 39.9 Å². The van der Waals surface area contributed by atoms with Crippen molar-refractivity contribution in [2.45, 2.75) is 11.8 Å². The van der Waals surface area contributed by atoms with E-state index in [2.05, 4.69) is 5.32 Å². The van der Waals surface area contributed by atoms with Crippen molar-refractivity contribution in [1.82, 2.24) is 0 Å². The van der Waals surface area contributed by atoms with Gasteiger partial charge in [0, 0.05) is 28.1 Å². The second kappa shape index (κ2) is 7.73. The molecule has 1 N–H and O–H groups in total. The van der Waals surface area contributed by atoms with E-state index in [0.29, 0.717) is 0 Å². The third-order valence-electron chi connectivity index (χ3n) is 3.60. The van der Waals surface area contributed by atoms with Crippen LogP contribution in [0.25, 0.3) is 0 Å². The van der Waals surface area contributed by atoms with Crippen LogP contribution in [-0.4, -0.2) is 5.91 Å². The van der Waals surface area contributed by atoms with Gasteiger partial charge in [-0.1, -0.05) is 72.0 Å². The first-order valence-electron chi connectivity index (χ1n) is 7.86. The van der Waals surface area contributed by atoms with Crippen molar-refractivity contribution in [2.24, 2.45) is 0 Å². The Morgan fingerprint density at radius 1 is 0.800 bits per heavy atom. The van der Waals surface area contributed by atoms with E-state index in [1.54, 1.807) is 0 Å². The number of benzene rings is 3. The standard InChI is InChI=1S/C20H18NO2PS/c1-16(22)21-17-12-14-20(15-13-17)25-24(23,18-8-4-2-5-9-18)19-10-6-3-7-11-19/h2-15H,1H3,(H,21,22). The average Bonchev–Trinajstić information content (AvgIpc) is 2.64. The van der Waals surface area contributed by atoms with E-state index >= 15 is 0 Å². The molecule has 3 nitrogen and oxygen atoms in total. The Bertz CT molecular complexity index is 852. The van der Waals surface area contributed by atoms with Crippen LogP contribution >= 0.6 is 17.7 Å². The van der Waals surface area contributed by atoms with Gasteiger partial charge >= 0.3 is 0 Å². The molecule has 126 valence electrons. The fourth-order valence-electron chi connectivity index (χ4n) is 2.45. The topological polar surface area (TPSA) is 46.2 Å². The number of carbonyl (C=O) groups excluding carboxylic acids is 1. The SMILES string of the molecule is CC(=O)Nc1ccc(SP(=O)(c2ccccc2)c2ccccc2)cc1. The van der Waals surface area contributed by atoms with Crippen LogP contribution in [0.1, 0.15) is 6.92 Å². The van der Waals surface area contributed by atoms with E-state index in [-0.39, 0.29) is 5.91 Å². The third-order valence-corrected chi connectivity index (χ3v) is 8.97. The Kier molecular flexibility index (Phi) is 5.42. The largest absolute Gasteiger partial charge is 0.326 e. The van der Waals surface area contributed by atoms with E-state index in [9.17, 15) is 9.36 Å². The van der Waals surface area contributed by atoms with Crippen molar-refractivity contribution in [1.29, 1.82) is 0 Å². The van der Waals surface area contributed by atoms with Crippen molar-refractivity contribution in [3.05, 3.63) is 84.9 Å². The van der Waals surface area contributed by atoms with Crippen molar-refractivity contribution in [3.63, 3.8) is 0 Å². The second-order valence-corrected chi connectivity index (χ2v) is 10.4. The molecule has 0 saturated carbocycles. The highest BCUT2D eigenvalue weighted by Crippen LogP contribution is 2.59. The third kappa shape index (κ3) is 4.22. The van der Waals surface area contributed by atoms with Crippen LogP contribution in [0, 0.1) is 0 Å². The van der Waals surface area contributed by atoms with Crippen molar-refractivity contribution < 1.29 is 9.36 Å². The lowest BCUT2D eigenvalue weighted by Gasteiger charge is -2.18. The molecule has 0 heterocycles. The molecular weight excluding hydrogens is 349 g/mol. The molecule has 3 rings (SSSR count). The smallest absolute Gasteiger partial charge is 0.221 e. The molecule has 0 aliphatic carbocycles. The minimum atomic E-state index is -2.86. The van der Waals surface area contributed by atoms with Crippen molar-refractivity contribution in [2.75, 3.05) is 5.32 Å². The van der Waals surface area contributed by atoms with Crippen molar-refractivity contribution in [3.8, 4) is 0 Å². The molecule has 1 amide bonds. The fourth-order valence-corrected chi connectivity index (χ4v) is 7.27. The Hall–Kier alpha value is -2.29. The Labute approximate surface area is 151 Å². The maximum absolute atomic E-state index is 13.9. The minimum Gasteiger partial charge on any atom is -0.326 e. The van der Waals surface area contributed by atoms with Crippen LogP contribution < -0.4 is 15.9 Å². The highest BCUT2D eigenvalue weighted by molar-refractivity contribution is 8.62. The average molecular weight is 367 g/mol. The summed E-state index contributed by atoms with van der Waals surface area (Å²) >= 11 is 1.37. The van der Waals surface area contributed by atoms with Crippen LogP contribution in [0.4, 0.5) is 5.69 Å². The van der Waals surface area contributed by atoms with Gasteiger partial charge in [-0.05, 0) is 24.3 Å². The van der Waals surface area contributed by atoms with Crippen LogP contribution in [0.2, 0.25) is 0 Å². The highest BCUT2D eigenvalue weighted by atomic mass is 32.7. The summed E-state index contributed by atoms with van der Waals surface area (Å²) in [6, 6.07) is 26.5. The van der Waals surface area contributed by atoms with Gasteiger partial charge in [-0.25, -0.2) is 0 Å². The van der Waals surface area contributed by atoms with E-state index in [1.807, 2.05) is 84.9 Å². The lowest BCUT2D eigenvalue weighted by molar-refractivity contribution is -0.114. The molecule has 0 aromatic heterocycles. The minimum absolute atomic E-state index is 0.111. The van der Waals surface area contributed by atoms with Gasteiger partial charge in [0.2, 0.25) is 5.91 Å². The second-order valence-electron chi connectivity index (χ2n) is 5.52. The highest BCUT2D eigenvalue weighted by Gasteiger charge is 2.28. The molecule has 0 aliphatic heterocycles. The van der Waals surface area contributed by atoms with Crippen LogP contribution in [0.15, 0.2) is 89.8 Å². The van der Waals surface area contributed by atoms with E-state index in [1.165, 1.54) is 18.3 Å². The first-order valence-corrected chi connectivity index (χ1v) is 11.0. The molecule has 25 heavy (non-hydrogen) atoms. The predicted molar refractivity (Wildman–Crippen MR) is 106 cm³/mol. The summed E-state index contributed by atoms with van der Waals surface area (Å²) in [4.78, 5) is 12.0. The lowest BCUT2D eigenvalue weighted by atomic mass is 10.3. The molecular formula is C20H18NO2PS. The first-order chi connectivity index (χ1) is 12.1. The van der Waals surface area contributed by atoms with Crippen LogP contribution in [0.5, 0.6) is 0 Å². The fraction of sp³-hybridized carbons (Fsp3) is 0.0500. The van der Waals surface area contributed by atoms with Gasteiger partial charge in [-0.15, -0.1) is 0 Å². The molecule has 5 heteroatoms. The molecule has 0 atom stereocenters. The molecule has 0 bridgehead atoms. The number of hydrogen-bond acceptors (Lipinski definition) is 3. The van der Waals surface area contributed by atoms with Gasteiger partial charge in [-0.2, -0.15) is 0 Å². The van der Waals surface area contributed by atoms with E-state index in [4.69, 9.17) is 0 Å². The number of amides is 1. The molecule has 0 saturated heterocycles. The summed E-state index contributed by atoms with van der Waals surface area (Å²) < 4.78 is 13.9. The summed E-state index contributed by atoms with van der Waals surface area (Å²) in [5.41, 5.74) is 0.728. The van der Waals surface area contributed by atoms with Crippen LogP contribution in [-0.2, 0) is 9.36 Å². The zero-order valence-electron chi connectivity index (χ0n) is 13.8. The quantitative estimate of drug-likeness (QED) is 0.667. The zero-order valence-corrected chi connectivity index (χ0v) is 15.5. The number of carbonyl (C=O) groups is 1. The number of nitrogens with one attached hydrogen (secondary N) is 1. The van der Waals surface area contributed by atoms with Gasteiger partial charge in [0.25, 0.3) is 0 Å². The monoisotopic (exact) mass is 367 g/mol. The Balaban J connectivity index is 1.96. The normalized spacial score (nSPS) is 11.1. The summed E-state index contributed by atoms with van der Waals surface area (Å²) in [5.74, 6) is -0.111. The first kappa shape index (κ1) is 17.5. The summed E-state index contributed by atoms with van der Waals surface area (Å²) in [6.45, 7) is 1.47.